The average Bonchev–Trinajstić information content (AvgIpc) is 2.03. The predicted octanol–water partition coefficient (Wildman–Crippen LogP) is -0.0925. The van der Waals surface area contributed by atoms with E-state index < -0.39 is 6.29 Å². The number of ether oxygens (including phenoxy) is 2. The Labute approximate surface area is 66.2 Å². The van der Waals surface area contributed by atoms with Gasteiger partial charge in [0.05, 0.1) is 0 Å². The van der Waals surface area contributed by atoms with Crippen molar-refractivity contribution in [1.29, 1.82) is 0 Å². The van der Waals surface area contributed by atoms with Crippen molar-refractivity contribution in [2.45, 2.75) is 6.29 Å². The van der Waals surface area contributed by atoms with Gasteiger partial charge in [0.2, 0.25) is 12.1 Å². The molecule has 0 spiro atoms. The van der Waals surface area contributed by atoms with Crippen LogP contribution in [-0.4, -0.2) is 33.3 Å². The van der Waals surface area contributed by atoms with Gasteiger partial charge < -0.3 is 14.8 Å². The first-order chi connectivity index (χ1) is 5.26. The second-order valence-corrected chi connectivity index (χ2v) is 1.83. The summed E-state index contributed by atoms with van der Waals surface area (Å²) in [6, 6.07) is 0. The van der Waals surface area contributed by atoms with Gasteiger partial charge in [-0.25, -0.2) is 0 Å². The maximum Gasteiger partial charge on any atom is 0.221 e. The summed E-state index contributed by atoms with van der Waals surface area (Å²) in [6.45, 7) is 0. The standard InChI is InChI=1S/C7H13NO3/c1-8-5-4-6(9)7(10-2)11-3/h4-5,7-8H,1-3H3/b5-4+. The Bertz CT molecular complexity index is 141. The normalized spacial score (nSPS) is 10.9. The van der Waals surface area contributed by atoms with Crippen LogP contribution in [-0.2, 0) is 14.3 Å². The number of rotatable bonds is 5. The van der Waals surface area contributed by atoms with Gasteiger partial charge in [0.25, 0.3) is 0 Å². The second-order valence-electron chi connectivity index (χ2n) is 1.83. The Morgan fingerprint density at radius 3 is 2.36 bits per heavy atom. The molecule has 11 heavy (non-hydrogen) atoms. The number of nitrogens with one attached hydrogen (secondary N) is 1. The lowest BCUT2D eigenvalue weighted by Crippen LogP contribution is -2.23. The van der Waals surface area contributed by atoms with Crippen molar-refractivity contribution in [3.8, 4) is 0 Å². The molecular weight excluding hydrogens is 146 g/mol. The lowest BCUT2D eigenvalue weighted by molar-refractivity contribution is -0.151. The first-order valence-corrected chi connectivity index (χ1v) is 3.19. The summed E-state index contributed by atoms with van der Waals surface area (Å²) in [5.74, 6) is -0.218. The molecule has 0 aliphatic heterocycles. The molecule has 0 heterocycles. The van der Waals surface area contributed by atoms with Gasteiger partial charge in [0.1, 0.15) is 0 Å². The molecule has 0 unspecified atom stereocenters. The van der Waals surface area contributed by atoms with E-state index in [2.05, 4.69) is 5.32 Å². The lowest BCUT2D eigenvalue weighted by atomic mass is 10.4. The lowest BCUT2D eigenvalue weighted by Gasteiger charge is -2.08. The Kier molecular flexibility index (Phi) is 5.42. The minimum Gasteiger partial charge on any atom is -0.394 e. The first-order valence-electron chi connectivity index (χ1n) is 3.19. The number of methoxy groups -OCH3 is 2. The minimum atomic E-state index is -0.792. The van der Waals surface area contributed by atoms with Crippen LogP contribution in [0.5, 0.6) is 0 Å². The van der Waals surface area contributed by atoms with E-state index in [0.29, 0.717) is 0 Å². The molecule has 0 bridgehead atoms. The van der Waals surface area contributed by atoms with Crippen LogP contribution in [0.1, 0.15) is 0 Å². The molecule has 4 heteroatoms. The fraction of sp³-hybridized carbons (Fsp3) is 0.571. The molecule has 0 aliphatic carbocycles. The van der Waals surface area contributed by atoms with Gasteiger partial charge in [0, 0.05) is 27.3 Å². The molecule has 4 nitrogen and oxygen atoms in total. The molecule has 64 valence electrons. The number of ketones is 1. The largest absolute Gasteiger partial charge is 0.394 e. The van der Waals surface area contributed by atoms with E-state index in [4.69, 9.17) is 9.47 Å². The van der Waals surface area contributed by atoms with E-state index in [0.717, 1.165) is 0 Å². The van der Waals surface area contributed by atoms with Gasteiger partial charge in [-0.15, -0.1) is 0 Å². The van der Waals surface area contributed by atoms with Crippen molar-refractivity contribution in [1.82, 2.24) is 5.32 Å². The third kappa shape index (κ3) is 3.75. The number of hydrogen-bond donors (Lipinski definition) is 1. The maximum atomic E-state index is 11.0. The van der Waals surface area contributed by atoms with Crippen LogP contribution in [0.3, 0.4) is 0 Å². The highest BCUT2D eigenvalue weighted by Gasteiger charge is 2.12. The summed E-state index contributed by atoms with van der Waals surface area (Å²) in [5.41, 5.74) is 0. The van der Waals surface area contributed by atoms with Crippen LogP contribution in [0.25, 0.3) is 0 Å². The second kappa shape index (κ2) is 5.88. The Morgan fingerprint density at radius 2 is 2.00 bits per heavy atom. The summed E-state index contributed by atoms with van der Waals surface area (Å²) in [5, 5.41) is 2.69. The van der Waals surface area contributed by atoms with E-state index in [1.807, 2.05) is 0 Å². The fourth-order valence-electron chi connectivity index (χ4n) is 0.573. The molecule has 1 N–H and O–H groups in total. The predicted molar refractivity (Wildman–Crippen MR) is 41.0 cm³/mol. The molecule has 0 fully saturated rings. The number of carbonyl (C=O) groups excluding carboxylic acids is 1. The Balaban J connectivity index is 3.88. The van der Waals surface area contributed by atoms with Crippen molar-refractivity contribution >= 4 is 5.78 Å². The summed E-state index contributed by atoms with van der Waals surface area (Å²) >= 11 is 0. The van der Waals surface area contributed by atoms with Gasteiger partial charge in [-0.05, 0) is 6.20 Å². The topological polar surface area (TPSA) is 47.6 Å². The zero-order chi connectivity index (χ0) is 8.69. The summed E-state index contributed by atoms with van der Waals surface area (Å²) in [4.78, 5) is 11.0. The van der Waals surface area contributed by atoms with Crippen LogP contribution in [0, 0.1) is 0 Å². The van der Waals surface area contributed by atoms with Gasteiger partial charge in [0.15, 0.2) is 0 Å². The Morgan fingerprint density at radius 1 is 1.45 bits per heavy atom. The highest BCUT2D eigenvalue weighted by atomic mass is 16.7. The summed E-state index contributed by atoms with van der Waals surface area (Å²) < 4.78 is 9.42. The smallest absolute Gasteiger partial charge is 0.221 e. The SMILES string of the molecule is CN/C=C/C(=O)C(OC)OC. The quantitative estimate of drug-likeness (QED) is 0.450. The maximum absolute atomic E-state index is 11.0. The zero-order valence-electron chi connectivity index (χ0n) is 6.96. The first kappa shape index (κ1) is 10.1. The van der Waals surface area contributed by atoms with Crippen LogP contribution in [0.15, 0.2) is 12.3 Å². The summed E-state index contributed by atoms with van der Waals surface area (Å²) in [6.07, 6.45) is 2.09. The third-order valence-corrected chi connectivity index (χ3v) is 1.07. The molecule has 0 rings (SSSR count). The number of carbonyl (C=O) groups is 1. The van der Waals surface area contributed by atoms with Gasteiger partial charge in [-0.1, -0.05) is 0 Å². The molecule has 0 atom stereocenters. The van der Waals surface area contributed by atoms with Crippen LogP contribution in [0.2, 0.25) is 0 Å². The van der Waals surface area contributed by atoms with Crippen LogP contribution < -0.4 is 5.32 Å². The Hall–Kier alpha value is -0.870. The summed E-state index contributed by atoms with van der Waals surface area (Å²) in [7, 11) is 4.54. The van der Waals surface area contributed by atoms with Gasteiger partial charge >= 0.3 is 0 Å². The fourth-order valence-corrected chi connectivity index (χ4v) is 0.573. The number of hydrogen-bond acceptors (Lipinski definition) is 4. The molecule has 0 aliphatic rings. The molecule has 0 saturated heterocycles. The molecule has 0 aromatic carbocycles. The van der Waals surface area contributed by atoms with E-state index in [-0.39, 0.29) is 5.78 Å². The van der Waals surface area contributed by atoms with Crippen molar-refractivity contribution in [3.63, 3.8) is 0 Å². The highest BCUT2D eigenvalue weighted by molar-refractivity contribution is 5.92. The van der Waals surface area contributed by atoms with E-state index in [1.54, 1.807) is 7.05 Å². The van der Waals surface area contributed by atoms with E-state index in [9.17, 15) is 4.79 Å². The average molecular weight is 159 g/mol. The van der Waals surface area contributed by atoms with E-state index in [1.165, 1.54) is 26.5 Å². The zero-order valence-corrected chi connectivity index (χ0v) is 6.96. The third-order valence-electron chi connectivity index (χ3n) is 1.07. The molecule has 0 radical (unpaired) electrons. The van der Waals surface area contributed by atoms with Crippen LogP contribution >= 0.6 is 0 Å². The monoisotopic (exact) mass is 159 g/mol. The highest BCUT2D eigenvalue weighted by Crippen LogP contribution is 1.93. The van der Waals surface area contributed by atoms with E-state index >= 15 is 0 Å². The molecule has 0 saturated carbocycles. The minimum absolute atomic E-state index is 0.218. The molecular formula is C7H13NO3. The molecule has 0 aromatic rings. The van der Waals surface area contributed by atoms with Crippen molar-refractivity contribution < 1.29 is 14.3 Å². The van der Waals surface area contributed by atoms with Gasteiger partial charge in [-0.3, -0.25) is 4.79 Å². The van der Waals surface area contributed by atoms with Crippen molar-refractivity contribution in [2.24, 2.45) is 0 Å². The van der Waals surface area contributed by atoms with Gasteiger partial charge in [-0.2, -0.15) is 0 Å². The molecule has 0 aromatic heterocycles. The van der Waals surface area contributed by atoms with Crippen molar-refractivity contribution in [3.05, 3.63) is 12.3 Å². The van der Waals surface area contributed by atoms with Crippen molar-refractivity contribution in [2.75, 3.05) is 21.3 Å². The molecule has 0 amide bonds. The van der Waals surface area contributed by atoms with Crippen LogP contribution in [0.4, 0.5) is 0 Å².